The topological polar surface area (TPSA) is 67.2 Å². The Morgan fingerprint density at radius 1 is 1.42 bits per heavy atom. The van der Waals surface area contributed by atoms with Crippen molar-refractivity contribution >= 4 is 23.3 Å². The number of nitrogens with one attached hydrogen (secondary N) is 1. The number of carbonyl (C=O) groups excluding carboxylic acids is 1. The van der Waals surface area contributed by atoms with Crippen molar-refractivity contribution in [2.75, 3.05) is 5.32 Å². The fourth-order valence-corrected chi connectivity index (χ4v) is 1.84. The molecule has 5 nitrogen and oxygen atoms in total. The predicted octanol–water partition coefficient (Wildman–Crippen LogP) is 3.08. The number of phenols is 1. The van der Waals surface area contributed by atoms with E-state index in [1.165, 1.54) is 18.2 Å². The number of halogens is 1. The summed E-state index contributed by atoms with van der Waals surface area (Å²) in [5, 5.41) is 16.4. The Labute approximate surface area is 115 Å². The first-order valence-corrected chi connectivity index (χ1v) is 6.20. The van der Waals surface area contributed by atoms with E-state index in [9.17, 15) is 9.90 Å². The standard InChI is InChI=1S/C13H14ClN3O2/c1-8(2)17-12(5-6-15-17)16-13(19)9-3-4-11(18)10(14)7-9/h3-8,18H,1-2H3,(H,16,19). The molecule has 1 amide bonds. The van der Waals surface area contributed by atoms with Crippen LogP contribution in [0.2, 0.25) is 5.02 Å². The van der Waals surface area contributed by atoms with Gasteiger partial charge in [-0.2, -0.15) is 5.10 Å². The second kappa shape index (κ2) is 5.32. The second-order valence-electron chi connectivity index (χ2n) is 4.38. The highest BCUT2D eigenvalue weighted by atomic mass is 35.5. The summed E-state index contributed by atoms with van der Waals surface area (Å²) in [5.41, 5.74) is 0.374. The number of aromatic nitrogens is 2. The molecule has 0 aliphatic heterocycles. The van der Waals surface area contributed by atoms with Crippen molar-refractivity contribution in [1.82, 2.24) is 9.78 Å². The number of hydrogen-bond acceptors (Lipinski definition) is 3. The smallest absolute Gasteiger partial charge is 0.256 e. The molecule has 0 fully saturated rings. The quantitative estimate of drug-likeness (QED) is 0.907. The number of hydrogen-bond donors (Lipinski definition) is 2. The zero-order valence-electron chi connectivity index (χ0n) is 10.6. The SMILES string of the molecule is CC(C)n1nccc1NC(=O)c1ccc(O)c(Cl)c1. The lowest BCUT2D eigenvalue weighted by molar-refractivity contribution is 0.102. The van der Waals surface area contributed by atoms with Crippen LogP contribution in [0.4, 0.5) is 5.82 Å². The predicted molar refractivity (Wildman–Crippen MR) is 73.7 cm³/mol. The van der Waals surface area contributed by atoms with Gasteiger partial charge >= 0.3 is 0 Å². The van der Waals surface area contributed by atoms with E-state index in [1.807, 2.05) is 13.8 Å². The van der Waals surface area contributed by atoms with Crippen molar-refractivity contribution < 1.29 is 9.90 Å². The Bertz CT molecular complexity index is 608. The molecule has 0 atom stereocenters. The molecule has 0 unspecified atom stereocenters. The summed E-state index contributed by atoms with van der Waals surface area (Å²) in [6.45, 7) is 3.94. The molecular weight excluding hydrogens is 266 g/mol. The van der Waals surface area contributed by atoms with E-state index >= 15 is 0 Å². The van der Waals surface area contributed by atoms with Gasteiger partial charge in [0.2, 0.25) is 0 Å². The van der Waals surface area contributed by atoms with Gasteiger partial charge in [-0.1, -0.05) is 11.6 Å². The maximum atomic E-state index is 12.1. The first kappa shape index (κ1) is 13.4. The molecule has 2 aromatic rings. The van der Waals surface area contributed by atoms with Crippen LogP contribution < -0.4 is 5.32 Å². The lowest BCUT2D eigenvalue weighted by atomic mass is 10.2. The number of phenolic OH excluding ortho intramolecular Hbond substituents is 1. The Hall–Kier alpha value is -2.01. The maximum Gasteiger partial charge on any atom is 0.256 e. The number of nitrogens with zero attached hydrogens (tertiary/aromatic N) is 2. The van der Waals surface area contributed by atoms with Gasteiger partial charge < -0.3 is 10.4 Å². The molecule has 100 valence electrons. The molecule has 0 spiro atoms. The number of benzene rings is 1. The summed E-state index contributed by atoms with van der Waals surface area (Å²) in [6, 6.07) is 6.18. The van der Waals surface area contributed by atoms with Gasteiger partial charge in [0.1, 0.15) is 11.6 Å². The summed E-state index contributed by atoms with van der Waals surface area (Å²) < 4.78 is 1.71. The van der Waals surface area contributed by atoms with Crippen LogP contribution in [0.3, 0.4) is 0 Å². The summed E-state index contributed by atoms with van der Waals surface area (Å²) >= 11 is 5.77. The van der Waals surface area contributed by atoms with Crippen LogP contribution in [-0.2, 0) is 0 Å². The third-order valence-electron chi connectivity index (χ3n) is 2.61. The number of rotatable bonds is 3. The van der Waals surface area contributed by atoms with E-state index in [1.54, 1.807) is 16.9 Å². The van der Waals surface area contributed by atoms with Gasteiger partial charge in [0.15, 0.2) is 0 Å². The number of carbonyl (C=O) groups is 1. The van der Waals surface area contributed by atoms with Crippen molar-refractivity contribution in [3.8, 4) is 5.75 Å². The number of anilines is 1. The molecule has 0 aliphatic rings. The highest BCUT2D eigenvalue weighted by Crippen LogP contribution is 2.24. The number of aromatic hydroxyl groups is 1. The third-order valence-corrected chi connectivity index (χ3v) is 2.91. The lowest BCUT2D eigenvalue weighted by Gasteiger charge is -2.12. The second-order valence-corrected chi connectivity index (χ2v) is 4.78. The first-order chi connectivity index (χ1) is 8.99. The van der Waals surface area contributed by atoms with Gasteiger partial charge in [-0.05, 0) is 32.0 Å². The molecule has 0 radical (unpaired) electrons. The van der Waals surface area contributed by atoms with Crippen molar-refractivity contribution in [1.29, 1.82) is 0 Å². The van der Waals surface area contributed by atoms with E-state index in [0.29, 0.717) is 11.4 Å². The van der Waals surface area contributed by atoms with Crippen molar-refractivity contribution in [2.45, 2.75) is 19.9 Å². The van der Waals surface area contributed by atoms with Crippen LogP contribution in [0.1, 0.15) is 30.2 Å². The Kier molecular flexibility index (Phi) is 3.76. The van der Waals surface area contributed by atoms with Crippen LogP contribution in [0.25, 0.3) is 0 Å². The van der Waals surface area contributed by atoms with Crippen molar-refractivity contribution in [2.24, 2.45) is 0 Å². The summed E-state index contributed by atoms with van der Waals surface area (Å²) in [6.07, 6.45) is 1.62. The van der Waals surface area contributed by atoms with Gasteiger partial charge in [0, 0.05) is 17.7 Å². The van der Waals surface area contributed by atoms with Gasteiger partial charge in [0.25, 0.3) is 5.91 Å². The van der Waals surface area contributed by atoms with Crippen LogP contribution in [0, 0.1) is 0 Å². The Morgan fingerprint density at radius 3 is 2.79 bits per heavy atom. The number of amides is 1. The molecule has 0 saturated carbocycles. The largest absolute Gasteiger partial charge is 0.506 e. The van der Waals surface area contributed by atoms with Crippen LogP contribution >= 0.6 is 11.6 Å². The molecule has 0 saturated heterocycles. The Morgan fingerprint density at radius 2 is 2.16 bits per heavy atom. The summed E-state index contributed by atoms with van der Waals surface area (Å²) in [4.78, 5) is 12.1. The summed E-state index contributed by atoms with van der Waals surface area (Å²) in [5.74, 6) is 0.263. The van der Waals surface area contributed by atoms with Crippen LogP contribution in [-0.4, -0.2) is 20.8 Å². The molecule has 2 rings (SSSR count). The zero-order valence-corrected chi connectivity index (χ0v) is 11.3. The van der Waals surface area contributed by atoms with Gasteiger partial charge in [-0.3, -0.25) is 4.79 Å². The zero-order chi connectivity index (χ0) is 14.0. The summed E-state index contributed by atoms with van der Waals surface area (Å²) in [7, 11) is 0. The fraction of sp³-hybridized carbons (Fsp3) is 0.231. The molecule has 0 bridgehead atoms. The highest BCUT2D eigenvalue weighted by molar-refractivity contribution is 6.32. The van der Waals surface area contributed by atoms with E-state index in [2.05, 4.69) is 10.4 Å². The fourth-order valence-electron chi connectivity index (χ4n) is 1.66. The molecule has 1 aromatic carbocycles. The van der Waals surface area contributed by atoms with Crippen molar-refractivity contribution in [3.63, 3.8) is 0 Å². The maximum absolute atomic E-state index is 12.1. The van der Waals surface area contributed by atoms with Crippen molar-refractivity contribution in [3.05, 3.63) is 41.0 Å². The molecular formula is C13H14ClN3O2. The van der Waals surface area contributed by atoms with E-state index < -0.39 is 0 Å². The average Bonchev–Trinajstić information content (AvgIpc) is 2.80. The molecule has 6 heteroatoms. The normalized spacial score (nSPS) is 10.7. The average molecular weight is 280 g/mol. The van der Waals surface area contributed by atoms with Gasteiger partial charge in [-0.15, -0.1) is 0 Å². The van der Waals surface area contributed by atoms with E-state index in [0.717, 1.165) is 0 Å². The van der Waals surface area contributed by atoms with E-state index in [4.69, 9.17) is 11.6 Å². The third kappa shape index (κ3) is 2.88. The van der Waals surface area contributed by atoms with E-state index in [-0.39, 0.29) is 22.7 Å². The van der Waals surface area contributed by atoms with Gasteiger partial charge in [0.05, 0.1) is 11.2 Å². The van der Waals surface area contributed by atoms with Crippen LogP contribution in [0.15, 0.2) is 30.5 Å². The Balaban J connectivity index is 2.21. The molecule has 1 aromatic heterocycles. The van der Waals surface area contributed by atoms with Crippen LogP contribution in [0.5, 0.6) is 5.75 Å². The minimum Gasteiger partial charge on any atom is -0.506 e. The molecule has 0 aliphatic carbocycles. The molecule has 19 heavy (non-hydrogen) atoms. The van der Waals surface area contributed by atoms with Gasteiger partial charge in [-0.25, -0.2) is 4.68 Å². The molecule has 2 N–H and O–H groups in total. The molecule has 1 heterocycles. The lowest BCUT2D eigenvalue weighted by Crippen LogP contribution is -2.16. The minimum absolute atomic E-state index is 0.0505. The monoisotopic (exact) mass is 279 g/mol. The highest BCUT2D eigenvalue weighted by Gasteiger charge is 2.12. The minimum atomic E-state index is -0.302. The first-order valence-electron chi connectivity index (χ1n) is 5.82.